The maximum absolute atomic E-state index is 12.7. The Morgan fingerprint density at radius 2 is 1.84 bits per heavy atom. The van der Waals surface area contributed by atoms with Crippen molar-refractivity contribution in [2.75, 3.05) is 0 Å². The Kier molecular flexibility index (Phi) is 6.42. The highest BCUT2D eigenvalue weighted by atomic mass is 35.5. The molecule has 5 nitrogen and oxygen atoms in total. The maximum atomic E-state index is 12.7. The minimum Gasteiger partial charge on any atom is -0.384 e. The fourth-order valence-electron chi connectivity index (χ4n) is 3.60. The van der Waals surface area contributed by atoms with Crippen molar-refractivity contribution >= 4 is 46.4 Å². The number of aryl methyl sites for hydroxylation is 1. The number of benzene rings is 2. The third-order valence-electron chi connectivity index (χ3n) is 5.38. The lowest BCUT2D eigenvalue weighted by Gasteiger charge is -2.22. The Hall–Kier alpha value is -2.60. The molecule has 0 spiro atoms. The smallest absolute Gasteiger partial charge is 0.251 e. The summed E-state index contributed by atoms with van der Waals surface area (Å²) < 4.78 is 0. The highest BCUT2D eigenvalue weighted by Gasteiger charge is 2.37. The van der Waals surface area contributed by atoms with Gasteiger partial charge in [0.1, 0.15) is 5.15 Å². The van der Waals surface area contributed by atoms with Crippen molar-refractivity contribution < 1.29 is 9.63 Å². The predicted octanol–water partition coefficient (Wildman–Crippen LogP) is 6.32. The minimum absolute atomic E-state index is 0.160. The van der Waals surface area contributed by atoms with Gasteiger partial charge in [-0.3, -0.25) is 4.79 Å². The average Bonchev–Trinajstić information content (AvgIpc) is 3.16. The Balaban J connectivity index is 1.46. The van der Waals surface area contributed by atoms with Crippen molar-refractivity contribution in [1.82, 2.24) is 10.3 Å². The fourth-order valence-corrected chi connectivity index (χ4v) is 4.23. The van der Waals surface area contributed by atoms with Gasteiger partial charge in [0, 0.05) is 40.3 Å². The number of halogens is 3. The predicted molar refractivity (Wildman–Crippen MR) is 128 cm³/mol. The number of amides is 1. The van der Waals surface area contributed by atoms with Gasteiger partial charge in [0.15, 0.2) is 5.60 Å². The van der Waals surface area contributed by atoms with E-state index < -0.39 is 5.60 Å². The van der Waals surface area contributed by atoms with Gasteiger partial charge < -0.3 is 10.2 Å². The van der Waals surface area contributed by atoms with E-state index >= 15 is 0 Å². The van der Waals surface area contributed by atoms with Crippen molar-refractivity contribution in [2.24, 2.45) is 5.16 Å². The Morgan fingerprint density at radius 1 is 1.09 bits per heavy atom. The molecule has 1 unspecified atom stereocenters. The van der Waals surface area contributed by atoms with Crippen LogP contribution in [0.5, 0.6) is 0 Å². The van der Waals surface area contributed by atoms with Crippen LogP contribution in [-0.4, -0.2) is 16.6 Å². The molecule has 2 aromatic carbocycles. The SMILES string of the molecule is Cc1cc(C2=NOC(C)(c3cc(Cl)cc(Cl)c3)C2)ccc1C(=O)NCc1ccc(Cl)nc1. The second kappa shape index (κ2) is 9.10. The number of oxime groups is 1. The normalized spacial score (nSPS) is 17.6. The van der Waals surface area contributed by atoms with E-state index in [1.807, 2.05) is 44.2 Å². The topological polar surface area (TPSA) is 63.6 Å². The molecule has 0 saturated heterocycles. The lowest BCUT2D eigenvalue weighted by Crippen LogP contribution is -2.24. The molecule has 0 bridgehead atoms. The molecule has 3 aromatic rings. The number of hydrogen-bond acceptors (Lipinski definition) is 4. The molecule has 0 fully saturated rings. The van der Waals surface area contributed by atoms with Gasteiger partial charge in [-0.05, 0) is 66.9 Å². The molecule has 1 amide bonds. The summed E-state index contributed by atoms with van der Waals surface area (Å²) in [6.45, 7) is 4.21. The van der Waals surface area contributed by atoms with E-state index in [0.29, 0.717) is 33.7 Å². The number of hydrogen-bond donors (Lipinski definition) is 1. The van der Waals surface area contributed by atoms with Crippen LogP contribution in [-0.2, 0) is 17.0 Å². The standard InChI is InChI=1S/C24H20Cl3N3O2/c1-14-7-16(4-5-20(14)23(31)29-13-15-3-6-22(27)28-12-15)21-11-24(2,32-30-21)17-8-18(25)10-19(26)9-17/h3-10,12H,11,13H2,1-2H3,(H,29,31). The summed E-state index contributed by atoms with van der Waals surface area (Å²) in [6.07, 6.45) is 2.19. The van der Waals surface area contributed by atoms with Crippen LogP contribution in [0.3, 0.4) is 0 Å². The molecule has 1 aliphatic rings. The van der Waals surface area contributed by atoms with E-state index in [0.717, 1.165) is 28.0 Å². The van der Waals surface area contributed by atoms with Crippen LogP contribution in [0.25, 0.3) is 0 Å². The zero-order chi connectivity index (χ0) is 22.9. The van der Waals surface area contributed by atoms with Crippen LogP contribution in [0.4, 0.5) is 0 Å². The van der Waals surface area contributed by atoms with Crippen LogP contribution in [0, 0.1) is 6.92 Å². The van der Waals surface area contributed by atoms with Gasteiger partial charge in [-0.25, -0.2) is 4.98 Å². The molecule has 1 aromatic heterocycles. The lowest BCUT2D eigenvalue weighted by molar-refractivity contribution is -0.00737. The van der Waals surface area contributed by atoms with E-state index in [4.69, 9.17) is 39.6 Å². The first-order valence-corrected chi connectivity index (χ1v) is 11.1. The third kappa shape index (κ3) is 4.90. The van der Waals surface area contributed by atoms with Gasteiger partial charge >= 0.3 is 0 Å². The average molecular weight is 489 g/mol. The zero-order valence-corrected chi connectivity index (χ0v) is 19.7. The molecular weight excluding hydrogens is 469 g/mol. The molecule has 1 N–H and O–H groups in total. The first-order valence-electron chi connectivity index (χ1n) is 9.95. The summed E-state index contributed by atoms with van der Waals surface area (Å²) in [6, 6.07) is 14.5. The highest BCUT2D eigenvalue weighted by molar-refractivity contribution is 6.34. The van der Waals surface area contributed by atoms with Gasteiger partial charge in [0.05, 0.1) is 5.71 Å². The molecule has 8 heteroatoms. The summed E-state index contributed by atoms with van der Waals surface area (Å²) in [5, 5.41) is 8.73. The maximum Gasteiger partial charge on any atom is 0.251 e. The van der Waals surface area contributed by atoms with Crippen molar-refractivity contribution in [3.8, 4) is 0 Å². The Morgan fingerprint density at radius 3 is 2.50 bits per heavy atom. The summed E-state index contributed by atoms with van der Waals surface area (Å²) in [4.78, 5) is 22.5. The van der Waals surface area contributed by atoms with Crippen molar-refractivity contribution in [2.45, 2.75) is 32.4 Å². The van der Waals surface area contributed by atoms with Crippen LogP contribution in [0.2, 0.25) is 15.2 Å². The number of nitrogens with one attached hydrogen (secondary N) is 1. The molecule has 2 heterocycles. The molecule has 1 atom stereocenters. The van der Waals surface area contributed by atoms with E-state index in [1.54, 1.807) is 24.4 Å². The zero-order valence-electron chi connectivity index (χ0n) is 17.5. The van der Waals surface area contributed by atoms with Gasteiger partial charge in [0.2, 0.25) is 0 Å². The molecule has 32 heavy (non-hydrogen) atoms. The molecule has 0 saturated carbocycles. The molecule has 1 aliphatic heterocycles. The first-order chi connectivity index (χ1) is 15.2. The number of carbonyl (C=O) groups is 1. The van der Waals surface area contributed by atoms with Crippen LogP contribution >= 0.6 is 34.8 Å². The van der Waals surface area contributed by atoms with E-state index in [2.05, 4.69) is 15.5 Å². The molecular formula is C24H20Cl3N3O2. The second-order valence-electron chi connectivity index (χ2n) is 7.90. The van der Waals surface area contributed by atoms with Crippen LogP contribution in [0.15, 0.2) is 59.9 Å². The van der Waals surface area contributed by atoms with Gasteiger partial charge in [-0.2, -0.15) is 0 Å². The van der Waals surface area contributed by atoms with E-state index in [9.17, 15) is 4.79 Å². The third-order valence-corrected chi connectivity index (χ3v) is 6.04. The number of rotatable bonds is 5. The van der Waals surface area contributed by atoms with E-state index in [-0.39, 0.29) is 5.91 Å². The largest absolute Gasteiger partial charge is 0.384 e. The van der Waals surface area contributed by atoms with Crippen molar-refractivity contribution in [3.63, 3.8) is 0 Å². The molecule has 4 rings (SSSR count). The fraction of sp³-hybridized carbons (Fsp3) is 0.208. The number of carbonyl (C=O) groups excluding carboxylic acids is 1. The van der Waals surface area contributed by atoms with Gasteiger partial charge in [-0.15, -0.1) is 0 Å². The number of pyridine rings is 1. The van der Waals surface area contributed by atoms with Crippen molar-refractivity contribution in [3.05, 3.63) is 97.7 Å². The summed E-state index contributed by atoms with van der Waals surface area (Å²) in [7, 11) is 0. The monoisotopic (exact) mass is 487 g/mol. The van der Waals surface area contributed by atoms with Crippen molar-refractivity contribution in [1.29, 1.82) is 0 Å². The molecule has 0 aliphatic carbocycles. The Labute approximate surface area is 201 Å². The Bertz CT molecular complexity index is 1190. The molecule has 164 valence electrons. The second-order valence-corrected chi connectivity index (χ2v) is 9.16. The summed E-state index contributed by atoms with van der Waals surface area (Å²) in [5.41, 5.74) is 4.20. The first kappa shape index (κ1) is 22.6. The summed E-state index contributed by atoms with van der Waals surface area (Å²) >= 11 is 18.1. The number of nitrogens with zero attached hydrogens (tertiary/aromatic N) is 2. The van der Waals surface area contributed by atoms with Crippen LogP contribution in [0.1, 0.15) is 46.0 Å². The van der Waals surface area contributed by atoms with Gasteiger partial charge in [-0.1, -0.05) is 52.1 Å². The van der Waals surface area contributed by atoms with E-state index in [1.165, 1.54) is 0 Å². The number of aromatic nitrogens is 1. The lowest BCUT2D eigenvalue weighted by atomic mass is 9.88. The highest BCUT2D eigenvalue weighted by Crippen LogP contribution is 2.38. The minimum atomic E-state index is -0.666. The quantitative estimate of drug-likeness (QED) is 0.427. The van der Waals surface area contributed by atoms with Gasteiger partial charge in [0.25, 0.3) is 5.91 Å². The summed E-state index contributed by atoms with van der Waals surface area (Å²) in [5.74, 6) is -0.160. The molecule has 0 radical (unpaired) electrons. The van der Waals surface area contributed by atoms with Crippen LogP contribution < -0.4 is 5.32 Å².